The Morgan fingerprint density at radius 1 is 0.906 bits per heavy atom. The Kier molecular flexibility index (Phi) is 5.12. The van der Waals surface area contributed by atoms with E-state index in [1.807, 2.05) is 48.5 Å². The van der Waals surface area contributed by atoms with Gasteiger partial charge < -0.3 is 14.0 Å². The third-order valence-corrected chi connectivity index (χ3v) is 7.70. The molecule has 32 heavy (non-hydrogen) atoms. The summed E-state index contributed by atoms with van der Waals surface area (Å²) in [6.45, 7) is 8.47. The molecule has 3 aromatic carbocycles. The predicted octanol–water partition coefficient (Wildman–Crippen LogP) is 5.71. The maximum absolute atomic E-state index is 12.9. The van der Waals surface area contributed by atoms with E-state index in [1.165, 1.54) is 0 Å². The smallest absolute Gasteiger partial charge is 0.457 e. The first-order valence-corrected chi connectivity index (χ1v) is 11.6. The van der Waals surface area contributed by atoms with E-state index in [-0.39, 0.29) is 23.8 Å². The van der Waals surface area contributed by atoms with Crippen LogP contribution < -0.4 is 5.46 Å². The van der Waals surface area contributed by atoms with Crippen molar-refractivity contribution in [2.24, 2.45) is 0 Å². The molecule has 0 unspecified atom stereocenters. The first-order valence-electron chi connectivity index (χ1n) is 10.8. The third-order valence-electron chi connectivity index (χ3n) is 6.48. The van der Waals surface area contributed by atoms with E-state index in [9.17, 15) is 4.79 Å². The summed E-state index contributed by atoms with van der Waals surface area (Å²) in [7, 11) is -0.418. The number of fused-ring (bicyclic) bond motifs is 3. The summed E-state index contributed by atoms with van der Waals surface area (Å²) in [5.41, 5.74) is 1.76. The van der Waals surface area contributed by atoms with Crippen LogP contribution in [0.4, 0.5) is 0 Å². The van der Waals surface area contributed by atoms with Crippen molar-refractivity contribution < 1.29 is 18.8 Å². The van der Waals surface area contributed by atoms with Crippen molar-refractivity contribution in [2.45, 2.75) is 45.5 Å². The van der Waals surface area contributed by atoms with Crippen LogP contribution in [-0.4, -0.2) is 24.3 Å². The Morgan fingerprint density at radius 3 is 2.34 bits per heavy atom. The van der Waals surface area contributed by atoms with Gasteiger partial charge in [0.25, 0.3) is 0 Å². The van der Waals surface area contributed by atoms with Crippen LogP contribution in [0.2, 0.25) is 0 Å². The van der Waals surface area contributed by atoms with E-state index in [0.29, 0.717) is 5.56 Å². The first-order chi connectivity index (χ1) is 15.2. The second-order valence-electron chi connectivity index (χ2n) is 9.19. The van der Waals surface area contributed by atoms with Gasteiger partial charge in [0.05, 0.1) is 21.5 Å². The van der Waals surface area contributed by atoms with Gasteiger partial charge >= 0.3 is 13.1 Å². The van der Waals surface area contributed by atoms with Crippen molar-refractivity contribution in [2.75, 3.05) is 0 Å². The minimum atomic E-state index is -0.418. The molecular formula is C26H25BO4S. The number of thiophene rings is 1. The van der Waals surface area contributed by atoms with Crippen molar-refractivity contribution in [1.29, 1.82) is 0 Å². The fourth-order valence-electron chi connectivity index (χ4n) is 3.90. The van der Waals surface area contributed by atoms with Gasteiger partial charge in [-0.05, 0) is 56.2 Å². The second-order valence-corrected chi connectivity index (χ2v) is 10.2. The molecule has 2 heterocycles. The lowest BCUT2D eigenvalue weighted by molar-refractivity contribution is 0.00578. The molecule has 4 nitrogen and oxygen atoms in total. The zero-order valence-corrected chi connectivity index (χ0v) is 19.5. The lowest BCUT2D eigenvalue weighted by Gasteiger charge is -2.32. The van der Waals surface area contributed by atoms with Crippen molar-refractivity contribution in [1.82, 2.24) is 0 Å². The molecule has 1 aromatic heterocycles. The van der Waals surface area contributed by atoms with Crippen LogP contribution in [0, 0.1) is 0 Å². The number of esters is 1. The minimum absolute atomic E-state index is 0.257. The van der Waals surface area contributed by atoms with Gasteiger partial charge in [-0.1, -0.05) is 54.6 Å². The van der Waals surface area contributed by atoms with Crippen LogP contribution in [0.25, 0.3) is 20.2 Å². The number of hydrogen-bond acceptors (Lipinski definition) is 5. The molecule has 1 fully saturated rings. The monoisotopic (exact) mass is 444 g/mol. The Morgan fingerprint density at radius 2 is 1.62 bits per heavy atom. The highest BCUT2D eigenvalue weighted by Crippen LogP contribution is 2.38. The molecule has 0 aliphatic carbocycles. The van der Waals surface area contributed by atoms with Crippen LogP contribution in [0.1, 0.15) is 43.6 Å². The zero-order chi connectivity index (χ0) is 22.5. The van der Waals surface area contributed by atoms with Crippen LogP contribution >= 0.6 is 11.3 Å². The summed E-state index contributed by atoms with van der Waals surface area (Å²) in [5, 5.41) is 2.13. The number of carbonyl (C=O) groups is 1. The van der Waals surface area contributed by atoms with Crippen molar-refractivity contribution >= 4 is 50.1 Å². The lowest BCUT2D eigenvalue weighted by atomic mass is 9.78. The molecule has 6 heteroatoms. The number of benzene rings is 3. The summed E-state index contributed by atoms with van der Waals surface area (Å²) < 4.78 is 20.1. The number of rotatable bonds is 4. The number of ether oxygens (including phenoxy) is 1. The molecule has 0 bridgehead atoms. The topological polar surface area (TPSA) is 44.8 Å². The fraction of sp³-hybridized carbons (Fsp3) is 0.269. The molecule has 0 N–H and O–H groups in total. The fourth-order valence-corrected chi connectivity index (χ4v) is 5.09. The predicted molar refractivity (Wildman–Crippen MR) is 131 cm³/mol. The number of hydrogen-bond donors (Lipinski definition) is 0. The highest BCUT2D eigenvalue weighted by molar-refractivity contribution is 7.26. The second kappa shape index (κ2) is 7.73. The molecule has 0 amide bonds. The average molecular weight is 444 g/mol. The van der Waals surface area contributed by atoms with Gasteiger partial charge in [-0.3, -0.25) is 0 Å². The highest BCUT2D eigenvalue weighted by atomic mass is 32.1. The van der Waals surface area contributed by atoms with E-state index in [2.05, 4.69) is 45.9 Å². The zero-order valence-electron chi connectivity index (χ0n) is 18.7. The Hall–Kier alpha value is -2.67. The molecule has 0 spiro atoms. The Bertz CT molecular complexity index is 1290. The molecule has 1 saturated heterocycles. The van der Waals surface area contributed by atoms with Crippen molar-refractivity contribution in [3.63, 3.8) is 0 Å². The van der Waals surface area contributed by atoms with E-state index in [4.69, 9.17) is 14.0 Å². The molecule has 162 valence electrons. The summed E-state index contributed by atoms with van der Waals surface area (Å²) in [4.78, 5) is 12.9. The third kappa shape index (κ3) is 3.62. The van der Waals surface area contributed by atoms with Gasteiger partial charge in [-0.2, -0.15) is 0 Å². The van der Waals surface area contributed by atoms with Gasteiger partial charge in [0.15, 0.2) is 0 Å². The number of carbonyl (C=O) groups excluding carboxylic acids is 1. The van der Waals surface area contributed by atoms with Gasteiger partial charge in [-0.25, -0.2) is 4.79 Å². The first kappa shape index (κ1) is 21.2. The van der Waals surface area contributed by atoms with Gasteiger partial charge in [0.2, 0.25) is 0 Å². The van der Waals surface area contributed by atoms with Crippen molar-refractivity contribution in [3.05, 3.63) is 77.9 Å². The Labute approximate surface area is 192 Å². The van der Waals surface area contributed by atoms with Crippen LogP contribution in [0.15, 0.2) is 66.7 Å². The largest absolute Gasteiger partial charge is 0.494 e. The van der Waals surface area contributed by atoms with Gasteiger partial charge in [-0.15, -0.1) is 11.3 Å². The molecule has 0 atom stereocenters. The minimum Gasteiger partial charge on any atom is -0.457 e. The standard InChI is InChI=1S/C26H25BO4S/c1-25(2)26(3,4)31-27(30-25)18-13-14-22-21(15-18)19-11-8-12-20(23(19)32-22)24(28)29-16-17-9-6-5-7-10-17/h5-15H,16H2,1-4H3. The van der Waals surface area contributed by atoms with E-state index in [1.54, 1.807) is 11.3 Å². The molecular weight excluding hydrogens is 419 g/mol. The van der Waals surface area contributed by atoms with Gasteiger partial charge in [0, 0.05) is 10.1 Å². The molecule has 1 aliphatic rings. The highest BCUT2D eigenvalue weighted by Gasteiger charge is 2.51. The molecule has 5 rings (SSSR count). The quantitative estimate of drug-likeness (QED) is 0.299. The molecule has 4 aromatic rings. The summed E-state index contributed by atoms with van der Waals surface area (Å²) >= 11 is 1.61. The summed E-state index contributed by atoms with van der Waals surface area (Å²) in [5.74, 6) is -0.308. The van der Waals surface area contributed by atoms with E-state index in [0.717, 1.165) is 31.2 Å². The van der Waals surface area contributed by atoms with Crippen molar-refractivity contribution in [3.8, 4) is 0 Å². The van der Waals surface area contributed by atoms with Gasteiger partial charge in [0.1, 0.15) is 6.61 Å². The van der Waals surface area contributed by atoms with E-state index < -0.39 is 7.12 Å². The van der Waals surface area contributed by atoms with Crippen LogP contribution in [-0.2, 0) is 20.7 Å². The summed E-state index contributed by atoms with van der Waals surface area (Å²) in [6.07, 6.45) is 0. The Balaban J connectivity index is 1.48. The maximum atomic E-state index is 12.9. The molecule has 0 radical (unpaired) electrons. The maximum Gasteiger partial charge on any atom is 0.494 e. The summed E-state index contributed by atoms with van der Waals surface area (Å²) in [6, 6.07) is 21.8. The normalized spacial score (nSPS) is 17.2. The van der Waals surface area contributed by atoms with Crippen LogP contribution in [0.5, 0.6) is 0 Å². The molecule has 0 saturated carbocycles. The van der Waals surface area contributed by atoms with Crippen LogP contribution in [0.3, 0.4) is 0 Å². The average Bonchev–Trinajstić information content (AvgIpc) is 3.25. The lowest BCUT2D eigenvalue weighted by Crippen LogP contribution is -2.41. The SMILES string of the molecule is CC1(C)OB(c2ccc3sc4c(C(=O)OCc5ccccc5)cccc4c3c2)OC1(C)C. The van der Waals surface area contributed by atoms with E-state index >= 15 is 0 Å². The molecule has 1 aliphatic heterocycles.